The molecule has 0 amide bonds. The summed E-state index contributed by atoms with van der Waals surface area (Å²) in [6.45, 7) is 0.608. The SMILES string of the molecule is C[n+]1ccccc1CN.Cl. The Labute approximate surface area is 67.1 Å². The number of aromatic nitrogens is 1. The van der Waals surface area contributed by atoms with Gasteiger partial charge < -0.3 is 5.73 Å². The highest BCUT2D eigenvalue weighted by molar-refractivity contribution is 5.85. The summed E-state index contributed by atoms with van der Waals surface area (Å²) < 4.78 is 2.01. The van der Waals surface area contributed by atoms with Gasteiger partial charge in [0.25, 0.3) is 0 Å². The van der Waals surface area contributed by atoms with E-state index in [1.54, 1.807) is 0 Å². The third-order valence-corrected chi connectivity index (χ3v) is 1.37. The molecule has 3 heteroatoms. The van der Waals surface area contributed by atoms with Crippen LogP contribution in [0.5, 0.6) is 0 Å². The lowest BCUT2D eigenvalue weighted by Crippen LogP contribution is -2.33. The first-order valence-electron chi connectivity index (χ1n) is 2.98. The maximum absolute atomic E-state index is 5.43. The maximum Gasteiger partial charge on any atom is 0.194 e. The molecule has 0 spiro atoms. The Bertz CT molecular complexity index is 201. The van der Waals surface area contributed by atoms with Gasteiger partial charge in [-0.25, -0.2) is 4.57 Å². The second kappa shape index (κ2) is 4.25. The lowest BCUT2D eigenvalue weighted by molar-refractivity contribution is -0.679. The lowest BCUT2D eigenvalue weighted by Gasteiger charge is -1.91. The van der Waals surface area contributed by atoms with E-state index in [-0.39, 0.29) is 12.4 Å². The quantitative estimate of drug-likeness (QED) is 0.591. The van der Waals surface area contributed by atoms with Crippen LogP contribution in [0.15, 0.2) is 24.4 Å². The minimum Gasteiger partial charge on any atom is -0.322 e. The number of hydrogen-bond acceptors (Lipinski definition) is 1. The highest BCUT2D eigenvalue weighted by Crippen LogP contribution is 1.85. The fourth-order valence-electron chi connectivity index (χ4n) is 0.771. The van der Waals surface area contributed by atoms with Gasteiger partial charge in [0.1, 0.15) is 7.05 Å². The molecule has 0 aliphatic rings. The van der Waals surface area contributed by atoms with Gasteiger partial charge in [-0.05, 0) is 0 Å². The van der Waals surface area contributed by atoms with Crippen molar-refractivity contribution in [3.63, 3.8) is 0 Å². The van der Waals surface area contributed by atoms with E-state index in [0.29, 0.717) is 6.54 Å². The molecule has 0 unspecified atom stereocenters. The van der Waals surface area contributed by atoms with Crippen molar-refractivity contribution in [2.45, 2.75) is 6.54 Å². The molecular formula is C7H12ClN2+. The van der Waals surface area contributed by atoms with Crippen LogP contribution in [0.4, 0.5) is 0 Å². The highest BCUT2D eigenvalue weighted by atomic mass is 35.5. The maximum atomic E-state index is 5.43. The zero-order valence-corrected chi connectivity index (χ0v) is 6.77. The Hall–Kier alpha value is -0.600. The number of pyridine rings is 1. The third-order valence-electron chi connectivity index (χ3n) is 1.37. The van der Waals surface area contributed by atoms with Gasteiger partial charge in [0.15, 0.2) is 11.9 Å². The topological polar surface area (TPSA) is 29.9 Å². The van der Waals surface area contributed by atoms with E-state index in [1.165, 1.54) is 0 Å². The summed E-state index contributed by atoms with van der Waals surface area (Å²) in [7, 11) is 1.99. The molecule has 2 N–H and O–H groups in total. The minimum absolute atomic E-state index is 0. The molecule has 56 valence electrons. The van der Waals surface area contributed by atoms with Gasteiger partial charge >= 0.3 is 0 Å². The number of rotatable bonds is 1. The van der Waals surface area contributed by atoms with Gasteiger partial charge in [-0.2, -0.15) is 0 Å². The van der Waals surface area contributed by atoms with Crippen molar-refractivity contribution in [1.29, 1.82) is 0 Å². The van der Waals surface area contributed by atoms with Crippen LogP contribution in [0.3, 0.4) is 0 Å². The lowest BCUT2D eigenvalue weighted by atomic mass is 10.3. The molecule has 0 aromatic carbocycles. The molecule has 1 aromatic heterocycles. The molecule has 0 bridgehead atoms. The van der Waals surface area contributed by atoms with Crippen molar-refractivity contribution in [3.8, 4) is 0 Å². The zero-order chi connectivity index (χ0) is 6.69. The van der Waals surface area contributed by atoms with Crippen molar-refractivity contribution >= 4 is 12.4 Å². The first kappa shape index (κ1) is 9.40. The Morgan fingerprint density at radius 1 is 1.50 bits per heavy atom. The average Bonchev–Trinajstić information content (AvgIpc) is 1.89. The second-order valence-corrected chi connectivity index (χ2v) is 2.01. The molecule has 1 heterocycles. The molecular weight excluding hydrogens is 148 g/mol. The Morgan fingerprint density at radius 2 is 2.20 bits per heavy atom. The van der Waals surface area contributed by atoms with Crippen molar-refractivity contribution in [2.24, 2.45) is 12.8 Å². The monoisotopic (exact) mass is 159 g/mol. The predicted molar refractivity (Wildman–Crippen MR) is 42.8 cm³/mol. The standard InChI is InChI=1S/C7H11N2.ClH/c1-9-5-3-2-4-7(9)6-8;/h2-5H,6,8H2,1H3;1H/q+1;. The molecule has 10 heavy (non-hydrogen) atoms. The van der Waals surface area contributed by atoms with Crippen LogP contribution in [-0.4, -0.2) is 0 Å². The predicted octanol–water partition coefficient (Wildman–Crippen LogP) is 0.392. The second-order valence-electron chi connectivity index (χ2n) is 2.01. The summed E-state index contributed by atoms with van der Waals surface area (Å²) in [6, 6.07) is 5.99. The van der Waals surface area contributed by atoms with E-state index >= 15 is 0 Å². The molecule has 0 atom stereocenters. The van der Waals surface area contributed by atoms with Gasteiger partial charge in [0.05, 0.1) is 6.54 Å². The first-order chi connectivity index (χ1) is 4.34. The molecule has 1 rings (SSSR count). The van der Waals surface area contributed by atoms with Crippen LogP contribution in [0.2, 0.25) is 0 Å². The van der Waals surface area contributed by atoms with E-state index in [9.17, 15) is 0 Å². The number of halogens is 1. The zero-order valence-electron chi connectivity index (χ0n) is 5.95. The average molecular weight is 160 g/mol. The molecule has 0 saturated carbocycles. The Balaban J connectivity index is 0.000000810. The van der Waals surface area contributed by atoms with E-state index in [0.717, 1.165) is 5.69 Å². The molecule has 0 saturated heterocycles. The summed E-state index contributed by atoms with van der Waals surface area (Å²) in [5.74, 6) is 0. The largest absolute Gasteiger partial charge is 0.322 e. The van der Waals surface area contributed by atoms with E-state index in [2.05, 4.69) is 0 Å². The third kappa shape index (κ3) is 1.97. The number of aryl methyl sites for hydroxylation is 1. The van der Waals surface area contributed by atoms with Crippen molar-refractivity contribution in [3.05, 3.63) is 30.1 Å². The van der Waals surface area contributed by atoms with Gasteiger partial charge in [0, 0.05) is 12.1 Å². The first-order valence-corrected chi connectivity index (χ1v) is 2.98. The van der Waals surface area contributed by atoms with Gasteiger partial charge in [0.2, 0.25) is 0 Å². The molecule has 0 aliphatic carbocycles. The summed E-state index contributed by atoms with van der Waals surface area (Å²) >= 11 is 0. The summed E-state index contributed by atoms with van der Waals surface area (Å²) in [4.78, 5) is 0. The van der Waals surface area contributed by atoms with E-state index in [4.69, 9.17) is 5.73 Å². The molecule has 0 fully saturated rings. The number of nitrogens with zero attached hydrogens (tertiary/aromatic N) is 1. The summed E-state index contributed by atoms with van der Waals surface area (Å²) in [5, 5.41) is 0. The highest BCUT2D eigenvalue weighted by Gasteiger charge is 1.97. The van der Waals surface area contributed by atoms with Crippen LogP contribution < -0.4 is 10.3 Å². The van der Waals surface area contributed by atoms with Crippen molar-refractivity contribution in [2.75, 3.05) is 0 Å². The minimum atomic E-state index is 0. The van der Waals surface area contributed by atoms with Crippen LogP contribution in [0.1, 0.15) is 5.69 Å². The van der Waals surface area contributed by atoms with Gasteiger partial charge in [-0.15, -0.1) is 12.4 Å². The fraction of sp³-hybridized carbons (Fsp3) is 0.286. The summed E-state index contributed by atoms with van der Waals surface area (Å²) in [5.41, 5.74) is 6.58. The van der Waals surface area contributed by atoms with Crippen molar-refractivity contribution in [1.82, 2.24) is 0 Å². The van der Waals surface area contributed by atoms with Crippen LogP contribution in [0, 0.1) is 0 Å². The van der Waals surface area contributed by atoms with Crippen LogP contribution in [0.25, 0.3) is 0 Å². The van der Waals surface area contributed by atoms with Gasteiger partial charge in [-0.1, -0.05) is 6.07 Å². The Kier molecular flexibility index (Phi) is 4.00. The fourth-order valence-corrected chi connectivity index (χ4v) is 0.771. The molecule has 1 aromatic rings. The molecule has 0 radical (unpaired) electrons. The normalized spacial score (nSPS) is 8.60. The number of nitrogens with two attached hydrogens (primary N) is 1. The van der Waals surface area contributed by atoms with Crippen LogP contribution >= 0.6 is 12.4 Å². The molecule has 0 aliphatic heterocycles. The van der Waals surface area contributed by atoms with Crippen LogP contribution in [-0.2, 0) is 13.6 Å². The van der Waals surface area contributed by atoms with Crippen molar-refractivity contribution < 1.29 is 4.57 Å². The Morgan fingerprint density at radius 3 is 2.60 bits per heavy atom. The molecule has 2 nitrogen and oxygen atoms in total. The number of hydrogen-bond donors (Lipinski definition) is 1. The summed E-state index contributed by atoms with van der Waals surface area (Å²) in [6.07, 6.45) is 1.99. The van der Waals surface area contributed by atoms with E-state index < -0.39 is 0 Å². The smallest absolute Gasteiger partial charge is 0.194 e. The van der Waals surface area contributed by atoms with Gasteiger partial charge in [-0.3, -0.25) is 0 Å². The van der Waals surface area contributed by atoms with E-state index in [1.807, 2.05) is 36.0 Å².